The third kappa shape index (κ3) is 2.59. The number of aliphatic carboxylic acids is 1. The van der Waals surface area contributed by atoms with Crippen LogP contribution >= 0.6 is 0 Å². The molecule has 1 aromatic carbocycles. The highest BCUT2D eigenvalue weighted by molar-refractivity contribution is 5.86. The van der Waals surface area contributed by atoms with Gasteiger partial charge in [0, 0.05) is 17.3 Å². The van der Waals surface area contributed by atoms with Crippen LogP contribution in [0.4, 0.5) is 4.39 Å². The van der Waals surface area contributed by atoms with Crippen molar-refractivity contribution in [2.75, 3.05) is 0 Å². The predicted octanol–water partition coefficient (Wildman–Crippen LogP) is 2.99. The Morgan fingerprint density at radius 3 is 2.95 bits per heavy atom. The van der Waals surface area contributed by atoms with E-state index in [1.54, 1.807) is 23.0 Å². The first kappa shape index (κ1) is 13.5. The van der Waals surface area contributed by atoms with Gasteiger partial charge in [0.15, 0.2) is 0 Å². The predicted molar refractivity (Wildman–Crippen MR) is 76.8 cm³/mol. The minimum Gasteiger partial charge on any atom is -0.478 e. The van der Waals surface area contributed by atoms with Crippen molar-refractivity contribution in [3.8, 4) is 5.69 Å². The Bertz CT molecular complexity index is 719. The minimum atomic E-state index is -1.06. The van der Waals surface area contributed by atoms with Gasteiger partial charge in [-0.2, -0.15) is 0 Å². The van der Waals surface area contributed by atoms with Gasteiger partial charge in [-0.25, -0.2) is 14.2 Å². The highest BCUT2D eigenvalue weighted by atomic mass is 19.1. The molecule has 1 heterocycles. The molecule has 1 aliphatic rings. The second-order valence-corrected chi connectivity index (χ2v) is 5.06. The van der Waals surface area contributed by atoms with Crippen LogP contribution in [0.1, 0.15) is 29.8 Å². The van der Waals surface area contributed by atoms with Crippen LogP contribution in [0.2, 0.25) is 0 Å². The van der Waals surface area contributed by atoms with Gasteiger partial charge >= 0.3 is 5.97 Å². The lowest BCUT2D eigenvalue weighted by atomic mass is 10.0. The standard InChI is InChI=1S/C16H15FN2O2/c17-12-5-3-4-11(8-9-15(20)21)16(12)19-10-18-13-6-1-2-7-14(13)19/h3-5,8-10H,1-2,6-7H2,(H,20,21)/b9-8+. The van der Waals surface area contributed by atoms with Gasteiger partial charge < -0.3 is 5.11 Å². The molecule has 0 saturated carbocycles. The van der Waals surface area contributed by atoms with Crippen LogP contribution in [-0.4, -0.2) is 20.6 Å². The lowest BCUT2D eigenvalue weighted by Gasteiger charge is -2.16. The fraction of sp³-hybridized carbons (Fsp3) is 0.250. The number of halogens is 1. The van der Waals surface area contributed by atoms with Crippen LogP contribution in [0, 0.1) is 5.82 Å². The summed E-state index contributed by atoms with van der Waals surface area (Å²) in [5.41, 5.74) is 2.93. The van der Waals surface area contributed by atoms with E-state index in [4.69, 9.17) is 5.11 Å². The van der Waals surface area contributed by atoms with Crippen molar-refractivity contribution >= 4 is 12.0 Å². The van der Waals surface area contributed by atoms with Crippen LogP contribution in [0.3, 0.4) is 0 Å². The SMILES string of the molecule is O=C(O)/C=C/c1cccc(F)c1-n1cnc2c1CCCC2. The van der Waals surface area contributed by atoms with Crippen LogP contribution < -0.4 is 0 Å². The summed E-state index contributed by atoms with van der Waals surface area (Å²) in [5.74, 6) is -1.44. The van der Waals surface area contributed by atoms with Gasteiger partial charge in [-0.3, -0.25) is 4.57 Å². The first-order valence-electron chi connectivity index (χ1n) is 6.92. The molecule has 0 spiro atoms. The molecule has 5 heteroatoms. The number of fused-ring (bicyclic) bond motifs is 1. The van der Waals surface area contributed by atoms with Crippen molar-refractivity contribution < 1.29 is 14.3 Å². The number of carbonyl (C=O) groups is 1. The molecule has 1 aliphatic carbocycles. The van der Waals surface area contributed by atoms with E-state index in [2.05, 4.69) is 4.98 Å². The Labute approximate surface area is 121 Å². The number of benzene rings is 1. The number of para-hydroxylation sites is 1. The Morgan fingerprint density at radius 2 is 2.14 bits per heavy atom. The summed E-state index contributed by atoms with van der Waals surface area (Å²) in [5, 5.41) is 8.76. The summed E-state index contributed by atoms with van der Waals surface area (Å²) in [6.07, 6.45) is 8.01. The van der Waals surface area contributed by atoms with E-state index in [1.807, 2.05) is 0 Å². The summed E-state index contributed by atoms with van der Waals surface area (Å²) in [6, 6.07) is 4.65. The summed E-state index contributed by atoms with van der Waals surface area (Å²) in [7, 11) is 0. The molecule has 0 unspecified atom stereocenters. The van der Waals surface area contributed by atoms with Crippen molar-refractivity contribution in [1.82, 2.24) is 9.55 Å². The molecule has 1 N–H and O–H groups in total. The largest absolute Gasteiger partial charge is 0.478 e. The molecule has 21 heavy (non-hydrogen) atoms. The zero-order valence-electron chi connectivity index (χ0n) is 11.4. The third-order valence-corrected chi connectivity index (χ3v) is 3.69. The average Bonchev–Trinajstić information content (AvgIpc) is 2.89. The van der Waals surface area contributed by atoms with Crippen molar-refractivity contribution in [3.63, 3.8) is 0 Å². The van der Waals surface area contributed by atoms with E-state index in [0.29, 0.717) is 11.3 Å². The molecule has 4 nitrogen and oxygen atoms in total. The molecule has 2 aromatic rings. The smallest absolute Gasteiger partial charge is 0.328 e. The summed E-state index contributed by atoms with van der Waals surface area (Å²) in [4.78, 5) is 15.1. The minimum absolute atomic E-state index is 0.366. The highest BCUT2D eigenvalue weighted by Gasteiger charge is 2.19. The van der Waals surface area contributed by atoms with Gasteiger partial charge in [0.25, 0.3) is 0 Å². The van der Waals surface area contributed by atoms with E-state index in [-0.39, 0.29) is 5.82 Å². The van der Waals surface area contributed by atoms with E-state index < -0.39 is 5.97 Å². The number of aromatic nitrogens is 2. The topological polar surface area (TPSA) is 55.1 Å². The molecular formula is C16H15FN2O2. The van der Waals surface area contributed by atoms with Gasteiger partial charge in [-0.05, 0) is 37.8 Å². The van der Waals surface area contributed by atoms with Crippen molar-refractivity contribution in [1.29, 1.82) is 0 Å². The Kier molecular flexibility index (Phi) is 3.56. The molecular weight excluding hydrogens is 271 g/mol. The summed E-state index contributed by atoms with van der Waals surface area (Å²) < 4.78 is 16.0. The van der Waals surface area contributed by atoms with Gasteiger partial charge in [0.2, 0.25) is 0 Å². The third-order valence-electron chi connectivity index (χ3n) is 3.69. The number of hydrogen-bond acceptors (Lipinski definition) is 2. The first-order chi connectivity index (χ1) is 10.2. The normalized spacial score (nSPS) is 14.3. The molecule has 108 valence electrons. The molecule has 0 atom stereocenters. The second-order valence-electron chi connectivity index (χ2n) is 5.06. The molecule has 0 amide bonds. The molecule has 3 rings (SSSR count). The fourth-order valence-corrected chi connectivity index (χ4v) is 2.74. The monoisotopic (exact) mass is 286 g/mol. The number of carboxylic acids is 1. The lowest BCUT2D eigenvalue weighted by molar-refractivity contribution is -0.131. The molecule has 0 fully saturated rings. The van der Waals surface area contributed by atoms with Crippen LogP contribution in [0.5, 0.6) is 0 Å². The number of hydrogen-bond donors (Lipinski definition) is 1. The maximum absolute atomic E-state index is 14.3. The summed E-state index contributed by atoms with van der Waals surface area (Å²) in [6.45, 7) is 0. The maximum atomic E-state index is 14.3. The zero-order valence-corrected chi connectivity index (χ0v) is 11.4. The van der Waals surface area contributed by atoms with Gasteiger partial charge in [0.1, 0.15) is 5.82 Å². The average molecular weight is 286 g/mol. The fourth-order valence-electron chi connectivity index (χ4n) is 2.74. The quantitative estimate of drug-likeness (QED) is 0.882. The van der Waals surface area contributed by atoms with Crippen molar-refractivity contribution in [3.05, 3.63) is 53.4 Å². The van der Waals surface area contributed by atoms with Gasteiger partial charge in [-0.15, -0.1) is 0 Å². The van der Waals surface area contributed by atoms with E-state index in [0.717, 1.165) is 43.1 Å². The Hall–Kier alpha value is -2.43. The summed E-state index contributed by atoms with van der Waals surface area (Å²) >= 11 is 0. The van der Waals surface area contributed by atoms with Crippen LogP contribution in [-0.2, 0) is 17.6 Å². The Balaban J connectivity index is 2.13. The van der Waals surface area contributed by atoms with Crippen molar-refractivity contribution in [2.45, 2.75) is 25.7 Å². The zero-order chi connectivity index (χ0) is 14.8. The molecule has 0 saturated heterocycles. The number of rotatable bonds is 3. The number of carboxylic acid groups (broad SMARTS) is 1. The highest BCUT2D eigenvalue weighted by Crippen LogP contribution is 2.27. The first-order valence-corrected chi connectivity index (χ1v) is 6.92. The molecule has 1 aromatic heterocycles. The Morgan fingerprint density at radius 1 is 1.33 bits per heavy atom. The number of nitrogens with zero attached hydrogens (tertiary/aromatic N) is 2. The maximum Gasteiger partial charge on any atom is 0.328 e. The number of imidazole rings is 1. The van der Waals surface area contributed by atoms with Gasteiger partial charge in [0.05, 0.1) is 17.7 Å². The van der Waals surface area contributed by atoms with Gasteiger partial charge in [-0.1, -0.05) is 12.1 Å². The van der Waals surface area contributed by atoms with E-state index in [9.17, 15) is 9.18 Å². The van der Waals surface area contributed by atoms with Crippen LogP contribution in [0.15, 0.2) is 30.6 Å². The number of aryl methyl sites for hydroxylation is 1. The second kappa shape index (κ2) is 5.52. The molecule has 0 aliphatic heterocycles. The molecule has 0 radical (unpaired) electrons. The lowest BCUT2D eigenvalue weighted by Crippen LogP contribution is -2.09. The molecule has 0 bridgehead atoms. The van der Waals surface area contributed by atoms with E-state index in [1.165, 1.54) is 12.1 Å². The van der Waals surface area contributed by atoms with E-state index >= 15 is 0 Å². The van der Waals surface area contributed by atoms with Crippen molar-refractivity contribution in [2.24, 2.45) is 0 Å². The van der Waals surface area contributed by atoms with Crippen LogP contribution in [0.25, 0.3) is 11.8 Å².